The van der Waals surface area contributed by atoms with Crippen molar-refractivity contribution in [1.29, 1.82) is 0 Å². The van der Waals surface area contributed by atoms with Crippen molar-refractivity contribution in [3.63, 3.8) is 0 Å². The van der Waals surface area contributed by atoms with Gasteiger partial charge in [-0.1, -0.05) is 54.6 Å². The van der Waals surface area contributed by atoms with Gasteiger partial charge in [-0.05, 0) is 60.4 Å². The van der Waals surface area contributed by atoms with E-state index in [0.717, 1.165) is 46.9 Å². The second-order valence-corrected chi connectivity index (χ2v) is 8.67. The van der Waals surface area contributed by atoms with Gasteiger partial charge in [0.1, 0.15) is 11.5 Å². The molecule has 0 fully saturated rings. The second-order valence-electron chi connectivity index (χ2n) is 8.67. The first-order valence-electron chi connectivity index (χ1n) is 11.9. The summed E-state index contributed by atoms with van der Waals surface area (Å²) in [7, 11) is 0. The number of fused-ring (bicyclic) bond motifs is 1. The molecule has 0 saturated carbocycles. The standard InChI is InChI=1S/C30H28N2O3/c1-22-28(31-30(35-22)25-10-6-3-7-11-25)17-19-34-27-14-13-24-16-18-32(21-26(24)20-27)29(33)15-12-23-8-4-2-5-9-23/h2-15,20H,16-19,21H2,1H3. The van der Waals surface area contributed by atoms with Crippen LogP contribution in [-0.2, 0) is 24.2 Å². The van der Waals surface area contributed by atoms with Crippen LogP contribution < -0.4 is 4.74 Å². The highest BCUT2D eigenvalue weighted by Crippen LogP contribution is 2.25. The zero-order valence-corrected chi connectivity index (χ0v) is 19.8. The lowest BCUT2D eigenvalue weighted by molar-refractivity contribution is -0.126. The van der Waals surface area contributed by atoms with Crippen molar-refractivity contribution in [2.75, 3.05) is 13.2 Å². The number of rotatable bonds is 7. The van der Waals surface area contributed by atoms with Crippen molar-refractivity contribution in [2.24, 2.45) is 0 Å². The van der Waals surface area contributed by atoms with Crippen molar-refractivity contribution in [3.05, 3.63) is 113 Å². The predicted octanol–water partition coefficient (Wildman–Crippen LogP) is 5.87. The molecule has 0 radical (unpaired) electrons. The normalized spacial score (nSPS) is 13.1. The van der Waals surface area contributed by atoms with Crippen molar-refractivity contribution in [2.45, 2.75) is 26.3 Å². The molecule has 5 heteroatoms. The number of hydrogen-bond donors (Lipinski definition) is 0. The number of aromatic nitrogens is 1. The molecule has 4 aromatic rings. The van der Waals surface area contributed by atoms with E-state index in [0.29, 0.717) is 25.5 Å². The lowest BCUT2D eigenvalue weighted by atomic mass is 9.99. The van der Waals surface area contributed by atoms with Crippen LogP contribution in [0.2, 0.25) is 0 Å². The average Bonchev–Trinajstić information content (AvgIpc) is 3.28. The quantitative estimate of drug-likeness (QED) is 0.321. The molecule has 0 N–H and O–H groups in total. The van der Waals surface area contributed by atoms with Crippen LogP contribution in [-0.4, -0.2) is 28.9 Å². The number of ether oxygens (including phenoxy) is 1. The van der Waals surface area contributed by atoms with E-state index in [-0.39, 0.29) is 5.91 Å². The van der Waals surface area contributed by atoms with Crippen LogP contribution in [0.3, 0.4) is 0 Å². The summed E-state index contributed by atoms with van der Waals surface area (Å²) < 4.78 is 11.9. The Kier molecular flexibility index (Phi) is 6.75. The van der Waals surface area contributed by atoms with Gasteiger partial charge in [-0.15, -0.1) is 0 Å². The molecule has 176 valence electrons. The number of hydrogen-bond acceptors (Lipinski definition) is 4. The molecule has 0 atom stereocenters. The van der Waals surface area contributed by atoms with E-state index in [1.54, 1.807) is 6.08 Å². The molecule has 0 spiro atoms. The minimum Gasteiger partial charge on any atom is -0.493 e. The highest BCUT2D eigenvalue weighted by molar-refractivity contribution is 5.91. The van der Waals surface area contributed by atoms with Gasteiger partial charge in [0.2, 0.25) is 11.8 Å². The lowest BCUT2D eigenvalue weighted by Gasteiger charge is -2.28. The smallest absolute Gasteiger partial charge is 0.246 e. The van der Waals surface area contributed by atoms with E-state index in [1.165, 1.54) is 5.56 Å². The fourth-order valence-electron chi connectivity index (χ4n) is 4.28. The zero-order valence-electron chi connectivity index (χ0n) is 19.8. The molecular formula is C30H28N2O3. The number of benzene rings is 3. The SMILES string of the molecule is Cc1oc(-c2ccccc2)nc1CCOc1ccc2c(c1)CN(C(=O)C=Cc1ccccc1)CC2. The molecule has 0 aliphatic carbocycles. The van der Waals surface area contributed by atoms with E-state index in [2.05, 4.69) is 17.1 Å². The monoisotopic (exact) mass is 464 g/mol. The highest BCUT2D eigenvalue weighted by atomic mass is 16.5. The average molecular weight is 465 g/mol. The van der Waals surface area contributed by atoms with Gasteiger partial charge in [-0.25, -0.2) is 4.98 Å². The van der Waals surface area contributed by atoms with Crippen LogP contribution in [0.15, 0.2) is 89.4 Å². The summed E-state index contributed by atoms with van der Waals surface area (Å²) in [6.07, 6.45) is 5.03. The number of oxazole rings is 1. The Hall–Kier alpha value is -4.12. The minimum atomic E-state index is 0.0292. The third kappa shape index (κ3) is 5.52. The summed E-state index contributed by atoms with van der Waals surface area (Å²) in [5.74, 6) is 2.29. The van der Waals surface area contributed by atoms with Gasteiger partial charge in [0.15, 0.2) is 0 Å². The largest absolute Gasteiger partial charge is 0.493 e. The van der Waals surface area contributed by atoms with Gasteiger partial charge < -0.3 is 14.1 Å². The Morgan fingerprint density at radius 1 is 1.03 bits per heavy atom. The second kappa shape index (κ2) is 10.4. The number of nitrogens with zero attached hydrogens (tertiary/aromatic N) is 2. The third-order valence-corrected chi connectivity index (χ3v) is 6.24. The van der Waals surface area contributed by atoms with E-state index in [9.17, 15) is 4.79 Å². The Labute approximate surface area is 205 Å². The Morgan fingerprint density at radius 2 is 1.80 bits per heavy atom. The summed E-state index contributed by atoms with van der Waals surface area (Å²) in [4.78, 5) is 19.3. The highest BCUT2D eigenvalue weighted by Gasteiger charge is 2.20. The van der Waals surface area contributed by atoms with E-state index < -0.39 is 0 Å². The molecule has 1 aromatic heterocycles. The molecule has 35 heavy (non-hydrogen) atoms. The first kappa shape index (κ1) is 22.7. The maximum atomic E-state index is 12.7. The van der Waals surface area contributed by atoms with Gasteiger partial charge in [-0.3, -0.25) is 4.79 Å². The summed E-state index contributed by atoms with van der Waals surface area (Å²) >= 11 is 0. The molecule has 2 heterocycles. The number of amides is 1. The van der Waals surface area contributed by atoms with Crippen molar-refractivity contribution >= 4 is 12.0 Å². The molecule has 3 aromatic carbocycles. The summed E-state index contributed by atoms with van der Waals surface area (Å²) in [6.45, 7) is 3.75. The third-order valence-electron chi connectivity index (χ3n) is 6.24. The fraction of sp³-hybridized carbons (Fsp3) is 0.200. The van der Waals surface area contributed by atoms with Crippen LogP contribution in [0.5, 0.6) is 5.75 Å². The first-order chi connectivity index (χ1) is 17.2. The minimum absolute atomic E-state index is 0.0292. The molecule has 0 bridgehead atoms. The first-order valence-corrected chi connectivity index (χ1v) is 11.9. The molecule has 5 nitrogen and oxygen atoms in total. The molecule has 0 saturated heterocycles. The molecule has 1 amide bonds. The summed E-state index contributed by atoms with van der Waals surface area (Å²) in [5.41, 5.74) is 5.30. The zero-order chi connectivity index (χ0) is 24.0. The predicted molar refractivity (Wildman–Crippen MR) is 137 cm³/mol. The van der Waals surface area contributed by atoms with Crippen molar-refractivity contribution in [3.8, 4) is 17.2 Å². The van der Waals surface area contributed by atoms with Crippen LogP contribution in [0, 0.1) is 6.92 Å². The van der Waals surface area contributed by atoms with Gasteiger partial charge in [0.05, 0.1) is 12.3 Å². The molecule has 1 aliphatic rings. The van der Waals surface area contributed by atoms with Crippen LogP contribution in [0.4, 0.5) is 0 Å². The molecular weight excluding hydrogens is 436 g/mol. The van der Waals surface area contributed by atoms with E-state index in [4.69, 9.17) is 9.15 Å². The Morgan fingerprint density at radius 3 is 2.60 bits per heavy atom. The van der Waals surface area contributed by atoms with E-state index in [1.807, 2.05) is 84.6 Å². The topological polar surface area (TPSA) is 55.6 Å². The van der Waals surface area contributed by atoms with Crippen LogP contribution >= 0.6 is 0 Å². The maximum Gasteiger partial charge on any atom is 0.246 e. The number of carbonyl (C=O) groups excluding carboxylic acids is 1. The molecule has 0 unspecified atom stereocenters. The van der Waals surface area contributed by atoms with Gasteiger partial charge in [-0.2, -0.15) is 0 Å². The van der Waals surface area contributed by atoms with Gasteiger partial charge >= 0.3 is 0 Å². The van der Waals surface area contributed by atoms with Crippen molar-refractivity contribution < 1.29 is 13.9 Å². The fourth-order valence-corrected chi connectivity index (χ4v) is 4.28. The van der Waals surface area contributed by atoms with Crippen LogP contribution in [0.25, 0.3) is 17.5 Å². The molecule has 1 aliphatic heterocycles. The lowest BCUT2D eigenvalue weighted by Crippen LogP contribution is -2.34. The number of carbonyl (C=O) groups is 1. The molecule has 5 rings (SSSR count). The summed E-state index contributed by atoms with van der Waals surface area (Å²) in [6, 6.07) is 26.0. The van der Waals surface area contributed by atoms with Gasteiger partial charge in [0.25, 0.3) is 0 Å². The van der Waals surface area contributed by atoms with Crippen LogP contribution in [0.1, 0.15) is 28.1 Å². The van der Waals surface area contributed by atoms with Gasteiger partial charge in [0, 0.05) is 31.1 Å². The maximum absolute atomic E-state index is 12.7. The summed E-state index contributed by atoms with van der Waals surface area (Å²) in [5, 5.41) is 0. The Bertz CT molecular complexity index is 1330. The Balaban J connectivity index is 1.19. The van der Waals surface area contributed by atoms with E-state index >= 15 is 0 Å². The number of aryl methyl sites for hydroxylation is 1. The van der Waals surface area contributed by atoms with Crippen molar-refractivity contribution in [1.82, 2.24) is 9.88 Å².